The van der Waals surface area contributed by atoms with Crippen molar-refractivity contribution in [3.05, 3.63) is 24.0 Å². The van der Waals surface area contributed by atoms with Gasteiger partial charge >= 0.3 is 0 Å². The first-order chi connectivity index (χ1) is 9.13. The molecule has 0 bridgehead atoms. The van der Waals surface area contributed by atoms with Gasteiger partial charge in [-0.05, 0) is 32.0 Å². The number of likely N-dealkylation sites (N-methyl/N-ethyl adjacent to an activating group) is 1. The van der Waals surface area contributed by atoms with Crippen LogP contribution >= 0.6 is 0 Å². The van der Waals surface area contributed by atoms with E-state index < -0.39 is 13.0 Å². The highest BCUT2D eigenvalue weighted by molar-refractivity contribution is 5.93. The van der Waals surface area contributed by atoms with Gasteiger partial charge in [-0.1, -0.05) is 0 Å². The summed E-state index contributed by atoms with van der Waals surface area (Å²) in [5, 5.41) is 3.21. The Hall–Kier alpha value is -1.43. The quantitative estimate of drug-likeness (QED) is 0.883. The molecule has 2 rings (SSSR count). The molecule has 0 aromatic carbocycles. The van der Waals surface area contributed by atoms with Gasteiger partial charge in [0.2, 0.25) is 0 Å². The maximum absolute atomic E-state index is 12.5. The molecule has 0 aliphatic carbocycles. The third-order valence-electron chi connectivity index (χ3n) is 3.46. The third-order valence-corrected chi connectivity index (χ3v) is 3.46. The molecule has 1 saturated heterocycles. The molecule has 1 aromatic rings. The van der Waals surface area contributed by atoms with Crippen molar-refractivity contribution in [2.24, 2.45) is 0 Å². The van der Waals surface area contributed by atoms with E-state index in [-0.39, 0.29) is 11.9 Å². The molecule has 106 valence electrons. The van der Waals surface area contributed by atoms with E-state index in [1.807, 2.05) is 6.92 Å². The van der Waals surface area contributed by atoms with Gasteiger partial charge < -0.3 is 14.8 Å². The summed E-state index contributed by atoms with van der Waals surface area (Å²) in [7, 11) is 0. The highest BCUT2D eigenvalue weighted by Gasteiger charge is 2.27. The summed E-state index contributed by atoms with van der Waals surface area (Å²) < 4.78 is 26.3. The zero-order valence-corrected chi connectivity index (χ0v) is 11.0. The topological polar surface area (TPSA) is 37.3 Å². The molecule has 4 nitrogen and oxygen atoms in total. The molecule has 1 aliphatic heterocycles. The van der Waals surface area contributed by atoms with Gasteiger partial charge in [-0.3, -0.25) is 4.79 Å². The van der Waals surface area contributed by atoms with Crippen molar-refractivity contribution in [1.29, 1.82) is 0 Å². The van der Waals surface area contributed by atoms with E-state index in [4.69, 9.17) is 0 Å². The van der Waals surface area contributed by atoms with Crippen LogP contribution < -0.4 is 5.32 Å². The molecular weight excluding hydrogens is 252 g/mol. The Morgan fingerprint density at radius 2 is 2.42 bits per heavy atom. The molecule has 0 radical (unpaired) electrons. The Labute approximate surface area is 111 Å². The fraction of sp³-hybridized carbons (Fsp3) is 0.615. The van der Waals surface area contributed by atoms with E-state index >= 15 is 0 Å². The van der Waals surface area contributed by atoms with E-state index in [0.29, 0.717) is 12.2 Å². The van der Waals surface area contributed by atoms with Crippen LogP contribution in [0.5, 0.6) is 0 Å². The lowest BCUT2D eigenvalue weighted by Gasteiger charge is -2.27. The minimum Gasteiger partial charge on any atom is -0.338 e. The molecule has 1 amide bonds. The van der Waals surface area contributed by atoms with Crippen LogP contribution in [-0.4, -0.2) is 47.5 Å². The van der Waals surface area contributed by atoms with Crippen LogP contribution in [0.2, 0.25) is 0 Å². The zero-order valence-electron chi connectivity index (χ0n) is 11.0. The second-order valence-electron chi connectivity index (χ2n) is 4.67. The summed E-state index contributed by atoms with van der Waals surface area (Å²) in [6.45, 7) is 3.73. The number of hydrogen-bond donors (Lipinski definition) is 1. The lowest BCUT2D eigenvalue weighted by Crippen LogP contribution is -2.42. The predicted molar refractivity (Wildman–Crippen MR) is 68.4 cm³/mol. The molecule has 19 heavy (non-hydrogen) atoms. The Kier molecular flexibility index (Phi) is 4.52. The molecule has 1 fully saturated rings. The lowest BCUT2D eigenvalue weighted by molar-refractivity contribution is 0.0683. The lowest BCUT2D eigenvalue weighted by atomic mass is 10.2. The number of amides is 1. The van der Waals surface area contributed by atoms with E-state index in [1.54, 1.807) is 17.0 Å². The average Bonchev–Trinajstić information content (AvgIpc) is 3.00. The van der Waals surface area contributed by atoms with Crippen molar-refractivity contribution in [2.75, 3.05) is 19.6 Å². The van der Waals surface area contributed by atoms with Crippen LogP contribution in [0.4, 0.5) is 8.78 Å². The monoisotopic (exact) mass is 271 g/mol. The summed E-state index contributed by atoms with van der Waals surface area (Å²) in [6.07, 6.45) is -0.0166. The SMILES string of the molecule is CCN(C(=O)c1cccn1CC(F)F)C1CCNC1. The highest BCUT2D eigenvalue weighted by atomic mass is 19.3. The Morgan fingerprint density at radius 3 is 3.00 bits per heavy atom. The summed E-state index contributed by atoms with van der Waals surface area (Å²) in [4.78, 5) is 14.2. The first kappa shape index (κ1) is 14.0. The predicted octanol–water partition coefficient (Wildman–Crippen LogP) is 1.58. The van der Waals surface area contributed by atoms with Gasteiger partial charge in [0.15, 0.2) is 0 Å². The molecule has 2 heterocycles. The molecular formula is C13H19F2N3O. The zero-order chi connectivity index (χ0) is 13.8. The number of rotatable bonds is 5. The van der Waals surface area contributed by atoms with Gasteiger partial charge in [0, 0.05) is 25.3 Å². The van der Waals surface area contributed by atoms with Gasteiger partial charge in [0.25, 0.3) is 12.3 Å². The summed E-state index contributed by atoms with van der Waals surface area (Å²) >= 11 is 0. The number of carbonyl (C=O) groups is 1. The van der Waals surface area contributed by atoms with E-state index in [9.17, 15) is 13.6 Å². The Morgan fingerprint density at radius 1 is 1.63 bits per heavy atom. The number of carbonyl (C=O) groups excluding carboxylic acids is 1. The first-order valence-electron chi connectivity index (χ1n) is 6.58. The van der Waals surface area contributed by atoms with Crippen LogP contribution in [0, 0.1) is 0 Å². The number of alkyl halides is 2. The van der Waals surface area contributed by atoms with Gasteiger partial charge in [0.1, 0.15) is 5.69 Å². The van der Waals surface area contributed by atoms with Gasteiger partial charge in [0.05, 0.1) is 6.54 Å². The highest BCUT2D eigenvalue weighted by Crippen LogP contribution is 2.15. The number of aromatic nitrogens is 1. The summed E-state index contributed by atoms with van der Waals surface area (Å²) in [6, 6.07) is 3.40. The van der Waals surface area contributed by atoms with Crippen molar-refractivity contribution < 1.29 is 13.6 Å². The summed E-state index contributed by atoms with van der Waals surface area (Å²) in [5.41, 5.74) is 0.342. The number of nitrogens with zero attached hydrogens (tertiary/aromatic N) is 2. The van der Waals surface area contributed by atoms with Crippen molar-refractivity contribution in [3.8, 4) is 0 Å². The van der Waals surface area contributed by atoms with Crippen LogP contribution in [0.1, 0.15) is 23.8 Å². The van der Waals surface area contributed by atoms with Crippen molar-refractivity contribution in [3.63, 3.8) is 0 Å². The molecule has 1 unspecified atom stereocenters. The Bertz CT molecular complexity index is 427. The minimum atomic E-state index is -2.46. The fourth-order valence-electron chi connectivity index (χ4n) is 2.54. The summed E-state index contributed by atoms with van der Waals surface area (Å²) in [5.74, 6) is -0.165. The van der Waals surface area contributed by atoms with Gasteiger partial charge in [-0.25, -0.2) is 8.78 Å². The van der Waals surface area contributed by atoms with E-state index in [0.717, 1.165) is 19.5 Å². The molecule has 6 heteroatoms. The Balaban J connectivity index is 2.15. The number of nitrogens with one attached hydrogen (secondary N) is 1. The normalized spacial score (nSPS) is 19.1. The minimum absolute atomic E-state index is 0.160. The molecule has 1 N–H and O–H groups in total. The van der Waals surface area contributed by atoms with Crippen molar-refractivity contribution in [2.45, 2.75) is 32.4 Å². The largest absolute Gasteiger partial charge is 0.338 e. The average molecular weight is 271 g/mol. The standard InChI is InChI=1S/C13H19F2N3O/c1-2-18(10-5-6-16-8-10)13(19)11-4-3-7-17(11)9-12(14)15/h3-4,7,10,12,16H,2,5-6,8-9H2,1H3. The molecule has 1 atom stereocenters. The van der Waals surface area contributed by atoms with Crippen molar-refractivity contribution >= 4 is 5.91 Å². The molecule has 0 spiro atoms. The number of hydrogen-bond acceptors (Lipinski definition) is 2. The fourth-order valence-corrected chi connectivity index (χ4v) is 2.54. The van der Waals surface area contributed by atoms with Crippen molar-refractivity contribution in [1.82, 2.24) is 14.8 Å². The van der Waals surface area contributed by atoms with Crippen LogP contribution in [0.3, 0.4) is 0 Å². The smallest absolute Gasteiger partial charge is 0.270 e. The number of halogens is 2. The molecule has 1 aliphatic rings. The van der Waals surface area contributed by atoms with Crippen LogP contribution in [0.15, 0.2) is 18.3 Å². The van der Waals surface area contributed by atoms with E-state index in [2.05, 4.69) is 5.32 Å². The molecule has 0 saturated carbocycles. The first-order valence-corrected chi connectivity index (χ1v) is 6.58. The molecule has 1 aromatic heterocycles. The second-order valence-corrected chi connectivity index (χ2v) is 4.67. The maximum Gasteiger partial charge on any atom is 0.270 e. The maximum atomic E-state index is 12.5. The van der Waals surface area contributed by atoms with E-state index in [1.165, 1.54) is 10.8 Å². The van der Waals surface area contributed by atoms with Crippen LogP contribution in [0.25, 0.3) is 0 Å². The van der Waals surface area contributed by atoms with Crippen LogP contribution in [-0.2, 0) is 6.54 Å². The second kappa shape index (κ2) is 6.14. The van der Waals surface area contributed by atoms with Gasteiger partial charge in [-0.15, -0.1) is 0 Å². The van der Waals surface area contributed by atoms with Gasteiger partial charge in [-0.2, -0.15) is 0 Å². The third kappa shape index (κ3) is 3.12.